The Hall–Kier alpha value is -1.32. The minimum atomic E-state index is -0.164. The third-order valence-corrected chi connectivity index (χ3v) is 2.32. The monoisotopic (exact) mass is 196 g/mol. The van der Waals surface area contributed by atoms with Crippen molar-refractivity contribution in [2.75, 3.05) is 6.54 Å². The molecule has 0 aromatic carbocycles. The molecule has 1 aliphatic rings. The van der Waals surface area contributed by atoms with Gasteiger partial charge in [0, 0.05) is 25.6 Å². The molecule has 1 rings (SSSR count). The molecule has 0 aliphatic heterocycles. The molecule has 4 heteroatoms. The Morgan fingerprint density at radius 2 is 2.07 bits per heavy atom. The van der Waals surface area contributed by atoms with Crippen LogP contribution >= 0.6 is 0 Å². The van der Waals surface area contributed by atoms with E-state index in [2.05, 4.69) is 0 Å². The van der Waals surface area contributed by atoms with Gasteiger partial charge in [0.05, 0.1) is 0 Å². The summed E-state index contributed by atoms with van der Waals surface area (Å²) >= 11 is 0. The third kappa shape index (κ3) is 2.13. The van der Waals surface area contributed by atoms with Crippen molar-refractivity contribution in [1.29, 1.82) is 0 Å². The number of hydrogen-bond donors (Lipinski definition) is 1. The summed E-state index contributed by atoms with van der Waals surface area (Å²) in [5.41, 5.74) is 5.64. The molecule has 0 atom stereocenters. The van der Waals surface area contributed by atoms with Crippen molar-refractivity contribution in [3.05, 3.63) is 11.9 Å². The Morgan fingerprint density at radius 3 is 2.36 bits per heavy atom. The highest BCUT2D eigenvalue weighted by Gasteiger charge is 2.34. The van der Waals surface area contributed by atoms with Crippen molar-refractivity contribution in [1.82, 2.24) is 4.90 Å². The quantitative estimate of drug-likeness (QED) is 0.671. The van der Waals surface area contributed by atoms with Gasteiger partial charge in [0.1, 0.15) is 5.70 Å². The van der Waals surface area contributed by atoms with Gasteiger partial charge in [0.15, 0.2) is 5.78 Å². The minimum absolute atomic E-state index is 0.0272. The Labute approximate surface area is 83.8 Å². The molecule has 0 unspecified atom stereocenters. The number of nitrogens with two attached hydrogens (primary N) is 1. The summed E-state index contributed by atoms with van der Waals surface area (Å²) in [6, 6.07) is 0. The van der Waals surface area contributed by atoms with E-state index in [0.29, 0.717) is 12.2 Å². The lowest BCUT2D eigenvalue weighted by atomic mass is 10.2. The fourth-order valence-corrected chi connectivity index (χ4v) is 1.39. The van der Waals surface area contributed by atoms with E-state index in [0.717, 1.165) is 12.8 Å². The highest BCUT2D eigenvalue weighted by atomic mass is 16.2. The number of hydrogen-bond acceptors (Lipinski definition) is 3. The second-order valence-electron chi connectivity index (χ2n) is 3.46. The Morgan fingerprint density at radius 1 is 1.50 bits per heavy atom. The molecule has 1 saturated carbocycles. The van der Waals surface area contributed by atoms with Crippen LogP contribution < -0.4 is 5.73 Å². The number of rotatable bonds is 4. The van der Waals surface area contributed by atoms with Crippen molar-refractivity contribution < 1.29 is 9.59 Å². The normalized spacial score (nSPS) is 16.6. The first-order valence-corrected chi connectivity index (χ1v) is 4.86. The summed E-state index contributed by atoms with van der Waals surface area (Å²) in [6.07, 6.45) is 3.09. The van der Waals surface area contributed by atoms with Crippen molar-refractivity contribution in [3.8, 4) is 0 Å². The molecule has 1 amide bonds. The molecule has 0 radical (unpaired) electrons. The maximum atomic E-state index is 11.7. The summed E-state index contributed by atoms with van der Waals surface area (Å²) < 4.78 is 0. The average molecular weight is 196 g/mol. The maximum Gasteiger partial charge on any atom is 0.230 e. The van der Waals surface area contributed by atoms with Gasteiger partial charge in [-0.05, 0) is 19.8 Å². The number of amides is 1. The van der Waals surface area contributed by atoms with Crippen molar-refractivity contribution in [3.63, 3.8) is 0 Å². The molecule has 0 heterocycles. The molecule has 1 aliphatic carbocycles. The second-order valence-corrected chi connectivity index (χ2v) is 3.46. The van der Waals surface area contributed by atoms with Gasteiger partial charge < -0.3 is 10.6 Å². The molecule has 1 fully saturated rings. The summed E-state index contributed by atoms with van der Waals surface area (Å²) in [7, 11) is 0. The van der Waals surface area contributed by atoms with Crippen LogP contribution in [-0.4, -0.2) is 23.1 Å². The van der Waals surface area contributed by atoms with Gasteiger partial charge in [-0.25, -0.2) is 0 Å². The predicted molar refractivity (Wildman–Crippen MR) is 53.1 cm³/mol. The van der Waals surface area contributed by atoms with E-state index in [9.17, 15) is 9.59 Å². The molecule has 78 valence electrons. The number of carbonyl (C=O) groups excluding carboxylic acids is 2. The van der Waals surface area contributed by atoms with Gasteiger partial charge in [0.2, 0.25) is 5.91 Å². The van der Waals surface area contributed by atoms with Crippen LogP contribution in [0.3, 0.4) is 0 Å². The summed E-state index contributed by atoms with van der Waals surface area (Å²) in [6.45, 7) is 3.76. The van der Waals surface area contributed by atoms with Crippen LogP contribution in [0, 0.1) is 5.92 Å². The van der Waals surface area contributed by atoms with Gasteiger partial charge >= 0.3 is 0 Å². The minimum Gasteiger partial charge on any atom is -0.403 e. The van der Waals surface area contributed by atoms with E-state index in [1.54, 1.807) is 0 Å². The molecule has 4 nitrogen and oxygen atoms in total. The molecule has 0 saturated heterocycles. The molecular weight excluding hydrogens is 180 g/mol. The van der Waals surface area contributed by atoms with E-state index < -0.39 is 0 Å². The van der Waals surface area contributed by atoms with E-state index in [1.165, 1.54) is 18.0 Å². The molecule has 0 spiro atoms. The zero-order valence-corrected chi connectivity index (χ0v) is 8.62. The number of likely N-dealkylation sites (N-methyl/N-ethyl adjacent to an activating group) is 1. The van der Waals surface area contributed by atoms with E-state index in [-0.39, 0.29) is 17.6 Å². The van der Waals surface area contributed by atoms with Crippen LogP contribution in [0.5, 0.6) is 0 Å². The zero-order chi connectivity index (χ0) is 10.7. The van der Waals surface area contributed by atoms with Crippen molar-refractivity contribution in [2.24, 2.45) is 11.7 Å². The standard InChI is InChI=1S/C10H16N2O2/c1-3-12(9(6-11)7(2)13)10(14)8-4-5-8/h6,8H,3-5,11H2,1-2H3/b9-6-. The molecule has 14 heavy (non-hydrogen) atoms. The summed E-state index contributed by atoms with van der Waals surface area (Å²) in [5, 5.41) is 0. The first-order chi connectivity index (χ1) is 6.61. The smallest absolute Gasteiger partial charge is 0.230 e. The lowest BCUT2D eigenvalue weighted by molar-refractivity contribution is -0.132. The fraction of sp³-hybridized carbons (Fsp3) is 0.600. The first kappa shape index (κ1) is 10.8. The first-order valence-electron chi connectivity index (χ1n) is 4.86. The van der Waals surface area contributed by atoms with Gasteiger partial charge in [-0.15, -0.1) is 0 Å². The van der Waals surface area contributed by atoms with Crippen LogP contribution in [0.2, 0.25) is 0 Å². The molecule has 2 N–H and O–H groups in total. The topological polar surface area (TPSA) is 63.4 Å². The Balaban J connectivity index is 2.78. The molecule has 0 bridgehead atoms. The predicted octanol–water partition coefficient (Wildman–Crippen LogP) is 0.634. The highest BCUT2D eigenvalue weighted by molar-refractivity contribution is 5.98. The third-order valence-electron chi connectivity index (χ3n) is 2.32. The summed E-state index contributed by atoms with van der Waals surface area (Å²) in [5.74, 6) is -0.0213. The highest BCUT2D eigenvalue weighted by Crippen LogP contribution is 2.32. The fourth-order valence-electron chi connectivity index (χ4n) is 1.39. The van der Waals surface area contributed by atoms with E-state index in [4.69, 9.17) is 5.73 Å². The van der Waals surface area contributed by atoms with Crippen LogP contribution in [0.1, 0.15) is 26.7 Å². The lowest BCUT2D eigenvalue weighted by Gasteiger charge is -2.21. The van der Waals surface area contributed by atoms with Crippen LogP contribution in [0.4, 0.5) is 0 Å². The Kier molecular flexibility index (Phi) is 3.28. The molecule has 0 aromatic heterocycles. The van der Waals surface area contributed by atoms with E-state index >= 15 is 0 Å². The van der Waals surface area contributed by atoms with E-state index in [1.807, 2.05) is 6.92 Å². The second kappa shape index (κ2) is 4.26. The van der Waals surface area contributed by atoms with Gasteiger partial charge in [-0.1, -0.05) is 0 Å². The molecular formula is C10H16N2O2. The van der Waals surface area contributed by atoms with Crippen molar-refractivity contribution >= 4 is 11.7 Å². The number of Topliss-reactive ketones (excluding diaryl/α,β-unsaturated/α-hetero) is 1. The SMILES string of the molecule is CCN(C(=O)C1CC1)/C(=C\N)C(C)=O. The molecule has 0 aromatic rings. The largest absolute Gasteiger partial charge is 0.403 e. The van der Waals surface area contributed by atoms with Crippen LogP contribution in [0.25, 0.3) is 0 Å². The average Bonchev–Trinajstić information content (AvgIpc) is 2.95. The van der Waals surface area contributed by atoms with Crippen LogP contribution in [0.15, 0.2) is 11.9 Å². The zero-order valence-electron chi connectivity index (χ0n) is 8.62. The maximum absolute atomic E-state index is 11.7. The van der Waals surface area contributed by atoms with Gasteiger partial charge in [0.25, 0.3) is 0 Å². The number of allylic oxidation sites excluding steroid dienone is 1. The van der Waals surface area contributed by atoms with Gasteiger partial charge in [-0.3, -0.25) is 9.59 Å². The summed E-state index contributed by atoms with van der Waals surface area (Å²) in [4.78, 5) is 24.4. The van der Waals surface area contributed by atoms with Gasteiger partial charge in [-0.2, -0.15) is 0 Å². The Bertz CT molecular complexity index is 280. The number of ketones is 1. The van der Waals surface area contributed by atoms with Crippen molar-refractivity contribution in [2.45, 2.75) is 26.7 Å². The number of nitrogens with zero attached hydrogens (tertiary/aromatic N) is 1. The van der Waals surface area contributed by atoms with Crippen LogP contribution in [-0.2, 0) is 9.59 Å². The number of carbonyl (C=O) groups is 2. The lowest BCUT2D eigenvalue weighted by Crippen LogP contribution is -2.34.